The summed E-state index contributed by atoms with van der Waals surface area (Å²) in [6, 6.07) is 0. The number of aryl methyl sites for hydroxylation is 2. The molecule has 0 spiro atoms. The Hall–Kier alpha value is -2.84. The predicted molar refractivity (Wildman–Crippen MR) is 128 cm³/mol. The fourth-order valence-electron chi connectivity index (χ4n) is 2.63. The third-order valence-corrected chi connectivity index (χ3v) is 6.24. The first kappa shape index (κ1) is 24.4. The van der Waals surface area contributed by atoms with E-state index in [1.54, 1.807) is 38.4 Å². The molecule has 0 aliphatic carbocycles. The van der Waals surface area contributed by atoms with Crippen molar-refractivity contribution in [3.8, 4) is 11.5 Å². The fraction of sp³-hybridized carbons (Fsp3) is 0.217. The summed E-state index contributed by atoms with van der Waals surface area (Å²) in [5, 5.41) is 20.0. The first-order chi connectivity index (χ1) is 14.8. The Kier molecular flexibility index (Phi) is 9.08. The van der Waals surface area contributed by atoms with Gasteiger partial charge < -0.3 is 10.2 Å². The Morgan fingerprint density at radius 3 is 1.90 bits per heavy atom. The zero-order chi connectivity index (χ0) is 23.0. The van der Waals surface area contributed by atoms with Gasteiger partial charge in [0.2, 0.25) is 5.12 Å². The van der Waals surface area contributed by atoms with Crippen molar-refractivity contribution >= 4 is 45.9 Å². The van der Waals surface area contributed by atoms with Gasteiger partial charge in [0.25, 0.3) is 0 Å². The van der Waals surface area contributed by atoms with Crippen molar-refractivity contribution in [2.45, 2.75) is 31.8 Å². The van der Waals surface area contributed by atoms with Crippen LogP contribution in [0.5, 0.6) is 11.5 Å². The topological polar surface area (TPSA) is 100 Å². The first-order valence-corrected chi connectivity index (χ1v) is 11.3. The number of rotatable bonds is 9. The summed E-state index contributed by atoms with van der Waals surface area (Å²) >= 11 is 2.08. The molecular formula is C23H24N2O4S2. The van der Waals surface area contributed by atoms with E-state index in [9.17, 15) is 19.8 Å². The second-order valence-electron chi connectivity index (χ2n) is 6.54. The number of nitrogens with zero attached hydrogens (tertiary/aromatic N) is 2. The van der Waals surface area contributed by atoms with Gasteiger partial charge in [-0.05, 0) is 31.1 Å². The average Bonchev–Trinajstić information content (AvgIpc) is 2.75. The van der Waals surface area contributed by atoms with Crippen LogP contribution in [0.15, 0.2) is 37.7 Å². The molecule has 0 fully saturated rings. The lowest BCUT2D eigenvalue weighted by Crippen LogP contribution is -1.97. The van der Waals surface area contributed by atoms with E-state index in [0.717, 1.165) is 23.5 Å². The molecule has 2 aromatic heterocycles. The van der Waals surface area contributed by atoms with Gasteiger partial charge in [-0.15, -0.1) is 0 Å². The molecule has 0 radical (unpaired) electrons. The Morgan fingerprint density at radius 2 is 1.42 bits per heavy atom. The molecule has 2 rings (SSSR count). The van der Waals surface area contributed by atoms with Crippen LogP contribution in [-0.2, 0) is 21.1 Å². The summed E-state index contributed by atoms with van der Waals surface area (Å²) in [5.41, 5.74) is 3.55. The lowest BCUT2D eigenvalue weighted by Gasteiger charge is -2.09. The maximum absolute atomic E-state index is 12.2. The first-order valence-electron chi connectivity index (χ1n) is 9.37. The Bertz CT molecular complexity index is 1050. The van der Waals surface area contributed by atoms with Gasteiger partial charge >= 0.3 is 0 Å². The van der Waals surface area contributed by atoms with Gasteiger partial charge in [-0.3, -0.25) is 19.6 Å². The van der Waals surface area contributed by atoms with Crippen molar-refractivity contribution in [2.24, 2.45) is 0 Å². The molecule has 2 aromatic rings. The van der Waals surface area contributed by atoms with Gasteiger partial charge in [0.1, 0.15) is 11.5 Å². The minimum absolute atomic E-state index is 0.0572. The van der Waals surface area contributed by atoms with Crippen LogP contribution in [0.2, 0.25) is 0 Å². The molecule has 0 aliphatic heterocycles. The van der Waals surface area contributed by atoms with Crippen LogP contribution in [0, 0.1) is 13.8 Å². The van der Waals surface area contributed by atoms with E-state index in [1.807, 2.05) is 0 Å². The third-order valence-electron chi connectivity index (χ3n) is 4.46. The van der Waals surface area contributed by atoms with Crippen molar-refractivity contribution in [2.75, 3.05) is 0 Å². The van der Waals surface area contributed by atoms with Gasteiger partial charge in [0, 0.05) is 41.4 Å². The van der Waals surface area contributed by atoms with Crippen LogP contribution in [0.4, 0.5) is 0 Å². The summed E-state index contributed by atoms with van der Waals surface area (Å²) in [4.78, 5) is 32.4. The normalized spacial score (nSPS) is 10.9. The minimum Gasteiger partial charge on any atom is -0.506 e. The molecule has 0 saturated carbocycles. The molecule has 6 nitrogen and oxygen atoms in total. The maximum atomic E-state index is 12.2. The summed E-state index contributed by atoms with van der Waals surface area (Å²) in [7, 11) is 0. The highest BCUT2D eigenvalue weighted by molar-refractivity contribution is 8.13. The van der Waals surface area contributed by atoms with Crippen LogP contribution < -0.4 is 0 Å². The molecule has 8 heteroatoms. The maximum Gasteiger partial charge on any atom is 0.212 e. The highest BCUT2D eigenvalue weighted by atomic mass is 32.2. The Labute approximate surface area is 190 Å². The van der Waals surface area contributed by atoms with E-state index in [-0.39, 0.29) is 39.7 Å². The van der Waals surface area contributed by atoms with E-state index in [2.05, 4.69) is 23.1 Å². The van der Waals surface area contributed by atoms with E-state index in [4.69, 9.17) is 0 Å². The number of carbonyl (C=O) groups is 2. The molecule has 0 atom stereocenters. The lowest BCUT2D eigenvalue weighted by atomic mass is 10.1. The molecule has 0 unspecified atom stereocenters. The highest BCUT2D eigenvalue weighted by Gasteiger charge is 2.13. The number of hydrogen-bond acceptors (Lipinski definition) is 8. The number of hydrogen-bond donors (Lipinski definition) is 2. The molecule has 2 N–H and O–H groups in total. The van der Waals surface area contributed by atoms with Gasteiger partial charge in [0.15, 0.2) is 5.12 Å². The molecule has 0 saturated heterocycles. The van der Waals surface area contributed by atoms with Gasteiger partial charge in [0.05, 0.1) is 11.4 Å². The number of carbonyl (C=O) groups excluding carboxylic acids is 2. The minimum atomic E-state index is -0.224. The van der Waals surface area contributed by atoms with Gasteiger partial charge in [-0.1, -0.05) is 54.9 Å². The average molecular weight is 457 g/mol. The predicted octanol–water partition coefficient (Wildman–Crippen LogP) is 4.96. The van der Waals surface area contributed by atoms with Crippen LogP contribution in [0.1, 0.15) is 40.1 Å². The second kappa shape index (κ2) is 11.5. The summed E-state index contributed by atoms with van der Waals surface area (Å²) in [5.74, 6) is 0.680. The van der Waals surface area contributed by atoms with Gasteiger partial charge in [-0.25, -0.2) is 0 Å². The summed E-state index contributed by atoms with van der Waals surface area (Å²) in [6.45, 7) is 10.8. The van der Waals surface area contributed by atoms with Gasteiger partial charge in [-0.2, -0.15) is 0 Å². The number of aromatic nitrogens is 2. The fourth-order valence-corrected chi connectivity index (χ4v) is 4.24. The monoisotopic (exact) mass is 456 g/mol. The number of aromatic hydroxyl groups is 2. The molecule has 0 aliphatic rings. The van der Waals surface area contributed by atoms with E-state index >= 15 is 0 Å². The van der Waals surface area contributed by atoms with Crippen molar-refractivity contribution in [1.29, 1.82) is 0 Å². The number of thioether (sulfide) groups is 2. The highest BCUT2D eigenvalue weighted by Crippen LogP contribution is 2.30. The van der Waals surface area contributed by atoms with Crippen molar-refractivity contribution in [1.82, 2.24) is 9.97 Å². The SMILES string of the molecule is C=Cc1cnc(C)c(O)c1CSC(=O)C=CCC(=O)SCc1c(C=C)cnc(C)c1O. The molecule has 0 aromatic carbocycles. The van der Waals surface area contributed by atoms with Crippen LogP contribution in [0.25, 0.3) is 12.2 Å². The van der Waals surface area contributed by atoms with E-state index in [1.165, 1.54) is 12.2 Å². The molecule has 0 amide bonds. The molecule has 162 valence electrons. The van der Waals surface area contributed by atoms with Crippen LogP contribution in [0.3, 0.4) is 0 Å². The van der Waals surface area contributed by atoms with Crippen LogP contribution in [-0.4, -0.2) is 30.4 Å². The second-order valence-corrected chi connectivity index (χ2v) is 8.55. The quantitative estimate of drug-likeness (QED) is 0.511. The Morgan fingerprint density at radius 1 is 0.935 bits per heavy atom. The number of pyridine rings is 2. The zero-order valence-electron chi connectivity index (χ0n) is 17.4. The Balaban J connectivity index is 1.88. The van der Waals surface area contributed by atoms with Crippen molar-refractivity contribution < 1.29 is 19.8 Å². The van der Waals surface area contributed by atoms with Crippen LogP contribution >= 0.6 is 23.5 Å². The third kappa shape index (κ3) is 6.57. The molecule has 0 bridgehead atoms. The molecule has 31 heavy (non-hydrogen) atoms. The van der Waals surface area contributed by atoms with E-state index < -0.39 is 0 Å². The number of allylic oxidation sites excluding steroid dienone is 1. The largest absolute Gasteiger partial charge is 0.506 e. The zero-order valence-corrected chi connectivity index (χ0v) is 19.1. The lowest BCUT2D eigenvalue weighted by molar-refractivity contribution is -0.110. The van der Waals surface area contributed by atoms with Crippen molar-refractivity contribution in [3.63, 3.8) is 0 Å². The summed E-state index contributed by atoms with van der Waals surface area (Å²) < 4.78 is 0. The van der Waals surface area contributed by atoms with Crippen molar-refractivity contribution in [3.05, 3.63) is 71.3 Å². The molecular weight excluding hydrogens is 432 g/mol. The summed E-state index contributed by atoms with van der Waals surface area (Å²) in [6.07, 6.45) is 9.34. The smallest absolute Gasteiger partial charge is 0.212 e. The van der Waals surface area contributed by atoms with E-state index in [0.29, 0.717) is 33.6 Å². The standard InChI is InChI=1S/C23H24N2O4S2/c1-5-16-10-24-14(3)22(28)18(16)12-30-20(26)8-7-9-21(27)31-13-19-17(6-2)11-25-15(4)23(19)29/h5-8,10-11,28-29H,1-2,9,12-13H2,3-4H3. The molecule has 2 heterocycles.